The number of hydrogen-bond donors (Lipinski definition) is 3. The van der Waals surface area contributed by atoms with Crippen LogP contribution in [0.25, 0.3) is 0 Å². The van der Waals surface area contributed by atoms with Crippen LogP contribution in [0.2, 0.25) is 0 Å². The van der Waals surface area contributed by atoms with Crippen LogP contribution in [0.3, 0.4) is 0 Å². The molecule has 1 aliphatic rings. The van der Waals surface area contributed by atoms with Crippen molar-refractivity contribution in [2.75, 3.05) is 19.6 Å². The maximum Gasteiger partial charge on any atom is 0.239 e. The van der Waals surface area contributed by atoms with Gasteiger partial charge in [0.1, 0.15) is 0 Å². The molecule has 3 N–H and O–H groups in total. The fourth-order valence-electron chi connectivity index (χ4n) is 1.93. The van der Waals surface area contributed by atoms with Gasteiger partial charge in [-0.2, -0.15) is 0 Å². The standard InChI is InChI=1S/C13H25N3O2/c1-10(2)3-4-12(17)15-9-13(18)16-11-5-7-14-8-6-11/h10-11,14H,3-9H2,1-2H3,(H,15,17)(H,16,18). The van der Waals surface area contributed by atoms with E-state index >= 15 is 0 Å². The summed E-state index contributed by atoms with van der Waals surface area (Å²) in [5, 5.41) is 8.85. The summed E-state index contributed by atoms with van der Waals surface area (Å²) in [6.07, 6.45) is 3.29. The van der Waals surface area contributed by atoms with Crippen LogP contribution < -0.4 is 16.0 Å². The first kappa shape index (κ1) is 15.0. The summed E-state index contributed by atoms with van der Waals surface area (Å²) in [6.45, 7) is 6.16. The summed E-state index contributed by atoms with van der Waals surface area (Å²) in [4.78, 5) is 23.1. The molecule has 0 saturated carbocycles. The first-order chi connectivity index (χ1) is 8.58. The van der Waals surface area contributed by atoms with Gasteiger partial charge in [0.05, 0.1) is 6.54 Å². The number of piperidine rings is 1. The van der Waals surface area contributed by atoms with Crippen molar-refractivity contribution in [2.24, 2.45) is 5.92 Å². The SMILES string of the molecule is CC(C)CCC(=O)NCC(=O)NC1CCNCC1. The average molecular weight is 255 g/mol. The van der Waals surface area contributed by atoms with Crippen LogP contribution in [-0.4, -0.2) is 37.5 Å². The molecular weight excluding hydrogens is 230 g/mol. The molecule has 0 radical (unpaired) electrons. The van der Waals surface area contributed by atoms with E-state index in [1.54, 1.807) is 0 Å². The summed E-state index contributed by atoms with van der Waals surface area (Å²) in [7, 11) is 0. The second-order valence-electron chi connectivity index (χ2n) is 5.30. The number of rotatable bonds is 6. The highest BCUT2D eigenvalue weighted by Gasteiger charge is 2.15. The Balaban J connectivity index is 2.10. The van der Waals surface area contributed by atoms with Crippen molar-refractivity contribution >= 4 is 11.8 Å². The molecule has 104 valence electrons. The van der Waals surface area contributed by atoms with Crippen molar-refractivity contribution < 1.29 is 9.59 Å². The molecule has 2 amide bonds. The molecule has 1 heterocycles. The van der Waals surface area contributed by atoms with Crippen LogP contribution in [0.5, 0.6) is 0 Å². The van der Waals surface area contributed by atoms with E-state index in [2.05, 4.69) is 29.8 Å². The molecular formula is C13H25N3O2. The van der Waals surface area contributed by atoms with E-state index in [0.717, 1.165) is 32.4 Å². The van der Waals surface area contributed by atoms with Gasteiger partial charge in [0.25, 0.3) is 0 Å². The first-order valence-electron chi connectivity index (χ1n) is 6.84. The van der Waals surface area contributed by atoms with Crippen LogP contribution in [0.15, 0.2) is 0 Å². The Bertz CT molecular complexity index is 273. The van der Waals surface area contributed by atoms with E-state index in [9.17, 15) is 9.59 Å². The molecule has 0 spiro atoms. The lowest BCUT2D eigenvalue weighted by molar-refractivity contribution is -0.126. The Kier molecular flexibility index (Phi) is 6.72. The fourth-order valence-corrected chi connectivity index (χ4v) is 1.93. The van der Waals surface area contributed by atoms with Gasteiger partial charge in [0.2, 0.25) is 11.8 Å². The predicted molar refractivity (Wildman–Crippen MR) is 71.1 cm³/mol. The Hall–Kier alpha value is -1.10. The second kappa shape index (κ2) is 8.08. The van der Waals surface area contributed by atoms with Gasteiger partial charge >= 0.3 is 0 Å². The van der Waals surface area contributed by atoms with Crippen molar-refractivity contribution in [3.8, 4) is 0 Å². The van der Waals surface area contributed by atoms with Crippen LogP contribution in [0.4, 0.5) is 0 Å². The first-order valence-corrected chi connectivity index (χ1v) is 6.84. The van der Waals surface area contributed by atoms with Gasteiger partial charge < -0.3 is 16.0 Å². The molecule has 1 aliphatic heterocycles. The van der Waals surface area contributed by atoms with E-state index in [1.165, 1.54) is 0 Å². The summed E-state index contributed by atoms with van der Waals surface area (Å²) < 4.78 is 0. The Morgan fingerprint density at radius 2 is 1.89 bits per heavy atom. The van der Waals surface area contributed by atoms with Crippen LogP contribution >= 0.6 is 0 Å². The van der Waals surface area contributed by atoms with Crippen LogP contribution in [0.1, 0.15) is 39.5 Å². The highest BCUT2D eigenvalue weighted by atomic mass is 16.2. The number of amides is 2. The number of carbonyl (C=O) groups is 2. The van der Waals surface area contributed by atoms with Gasteiger partial charge in [-0.3, -0.25) is 9.59 Å². The highest BCUT2D eigenvalue weighted by Crippen LogP contribution is 2.03. The third kappa shape index (κ3) is 6.59. The van der Waals surface area contributed by atoms with E-state index in [-0.39, 0.29) is 24.4 Å². The van der Waals surface area contributed by atoms with E-state index in [4.69, 9.17) is 0 Å². The van der Waals surface area contributed by atoms with Gasteiger partial charge in [0, 0.05) is 12.5 Å². The minimum Gasteiger partial charge on any atom is -0.352 e. The van der Waals surface area contributed by atoms with Gasteiger partial charge in [0.15, 0.2) is 0 Å². The Labute approximate surface area is 109 Å². The van der Waals surface area contributed by atoms with Crippen molar-refractivity contribution in [1.82, 2.24) is 16.0 Å². The quantitative estimate of drug-likeness (QED) is 0.644. The zero-order chi connectivity index (χ0) is 13.4. The van der Waals surface area contributed by atoms with Gasteiger partial charge in [-0.15, -0.1) is 0 Å². The van der Waals surface area contributed by atoms with Crippen LogP contribution in [-0.2, 0) is 9.59 Å². The minimum atomic E-state index is -0.0835. The van der Waals surface area contributed by atoms with E-state index < -0.39 is 0 Å². The summed E-state index contributed by atoms with van der Waals surface area (Å²) in [5.74, 6) is 0.392. The average Bonchev–Trinajstić information content (AvgIpc) is 2.35. The lowest BCUT2D eigenvalue weighted by atomic mass is 10.1. The van der Waals surface area contributed by atoms with E-state index in [0.29, 0.717) is 12.3 Å². The molecule has 0 aromatic carbocycles. The maximum atomic E-state index is 11.6. The fraction of sp³-hybridized carbons (Fsp3) is 0.846. The smallest absolute Gasteiger partial charge is 0.239 e. The third-order valence-electron chi connectivity index (χ3n) is 3.10. The highest BCUT2D eigenvalue weighted by molar-refractivity contribution is 5.84. The normalized spacial score (nSPS) is 16.6. The summed E-state index contributed by atoms with van der Waals surface area (Å²) in [5.41, 5.74) is 0. The molecule has 0 aromatic heterocycles. The Morgan fingerprint density at radius 3 is 2.50 bits per heavy atom. The molecule has 5 nitrogen and oxygen atoms in total. The zero-order valence-corrected chi connectivity index (χ0v) is 11.4. The molecule has 1 saturated heterocycles. The number of carbonyl (C=O) groups excluding carboxylic acids is 2. The van der Waals surface area contributed by atoms with Crippen molar-refractivity contribution in [2.45, 2.75) is 45.6 Å². The lowest BCUT2D eigenvalue weighted by Crippen LogP contribution is -2.46. The monoisotopic (exact) mass is 255 g/mol. The molecule has 0 aliphatic carbocycles. The summed E-state index contributed by atoms with van der Waals surface area (Å²) >= 11 is 0. The lowest BCUT2D eigenvalue weighted by Gasteiger charge is -2.23. The molecule has 1 rings (SSSR count). The predicted octanol–water partition coefficient (Wildman–Crippen LogP) is 0.407. The van der Waals surface area contributed by atoms with Crippen molar-refractivity contribution in [3.63, 3.8) is 0 Å². The zero-order valence-electron chi connectivity index (χ0n) is 11.4. The maximum absolute atomic E-state index is 11.6. The molecule has 5 heteroatoms. The molecule has 0 aromatic rings. The minimum absolute atomic E-state index is 0.0378. The van der Waals surface area contributed by atoms with Crippen LogP contribution in [0, 0.1) is 5.92 Å². The third-order valence-corrected chi connectivity index (χ3v) is 3.10. The topological polar surface area (TPSA) is 70.2 Å². The molecule has 1 fully saturated rings. The Morgan fingerprint density at radius 1 is 1.22 bits per heavy atom. The molecule has 0 unspecified atom stereocenters. The van der Waals surface area contributed by atoms with E-state index in [1.807, 2.05) is 0 Å². The second-order valence-corrected chi connectivity index (χ2v) is 5.30. The molecule has 18 heavy (non-hydrogen) atoms. The van der Waals surface area contributed by atoms with Gasteiger partial charge in [-0.25, -0.2) is 0 Å². The summed E-state index contributed by atoms with van der Waals surface area (Å²) in [6, 6.07) is 0.256. The van der Waals surface area contributed by atoms with Gasteiger partial charge in [-0.1, -0.05) is 13.8 Å². The largest absolute Gasteiger partial charge is 0.352 e. The molecule has 0 bridgehead atoms. The van der Waals surface area contributed by atoms with Crippen molar-refractivity contribution in [3.05, 3.63) is 0 Å². The van der Waals surface area contributed by atoms with Gasteiger partial charge in [-0.05, 0) is 38.3 Å². The number of nitrogens with one attached hydrogen (secondary N) is 3. The molecule has 0 atom stereocenters. The number of hydrogen-bond acceptors (Lipinski definition) is 3. The van der Waals surface area contributed by atoms with Crippen molar-refractivity contribution in [1.29, 1.82) is 0 Å².